The van der Waals surface area contributed by atoms with Gasteiger partial charge in [0.2, 0.25) is 0 Å². The van der Waals surface area contributed by atoms with Gasteiger partial charge in [-0.1, -0.05) is 6.92 Å². The van der Waals surface area contributed by atoms with Gasteiger partial charge in [-0.3, -0.25) is 0 Å². The SMILES string of the molecule is CCN1CCC(N(C)C2CCC(C#N)(NC)C2)CC1. The van der Waals surface area contributed by atoms with Gasteiger partial charge in [-0.2, -0.15) is 5.26 Å². The lowest BCUT2D eigenvalue weighted by molar-refractivity contribution is 0.0983. The van der Waals surface area contributed by atoms with Crippen LogP contribution in [-0.2, 0) is 0 Å². The van der Waals surface area contributed by atoms with Gasteiger partial charge in [0.15, 0.2) is 0 Å². The van der Waals surface area contributed by atoms with Crippen LogP contribution in [-0.4, -0.2) is 61.2 Å². The number of nitriles is 1. The monoisotopic (exact) mass is 264 g/mol. The van der Waals surface area contributed by atoms with Crippen LogP contribution >= 0.6 is 0 Å². The number of nitrogens with zero attached hydrogens (tertiary/aromatic N) is 3. The predicted octanol–water partition coefficient (Wildman–Crippen LogP) is 1.44. The van der Waals surface area contributed by atoms with Crippen molar-refractivity contribution in [3.8, 4) is 6.07 Å². The summed E-state index contributed by atoms with van der Waals surface area (Å²) in [4.78, 5) is 5.09. The van der Waals surface area contributed by atoms with Crippen molar-refractivity contribution in [1.82, 2.24) is 15.1 Å². The molecule has 1 aliphatic carbocycles. The van der Waals surface area contributed by atoms with Crippen molar-refractivity contribution < 1.29 is 0 Å². The number of hydrogen-bond donors (Lipinski definition) is 1. The van der Waals surface area contributed by atoms with E-state index >= 15 is 0 Å². The van der Waals surface area contributed by atoms with E-state index in [1.165, 1.54) is 32.5 Å². The fourth-order valence-corrected chi connectivity index (χ4v) is 3.69. The van der Waals surface area contributed by atoms with Crippen molar-refractivity contribution in [2.45, 2.75) is 56.7 Å². The minimum atomic E-state index is -0.275. The number of hydrogen-bond acceptors (Lipinski definition) is 4. The summed E-state index contributed by atoms with van der Waals surface area (Å²) < 4.78 is 0. The van der Waals surface area contributed by atoms with E-state index in [9.17, 15) is 5.26 Å². The van der Waals surface area contributed by atoms with Crippen molar-refractivity contribution in [3.63, 3.8) is 0 Å². The molecule has 19 heavy (non-hydrogen) atoms. The molecule has 1 aliphatic heterocycles. The average Bonchev–Trinajstić information content (AvgIpc) is 2.92. The Balaban J connectivity index is 1.88. The highest BCUT2D eigenvalue weighted by molar-refractivity contribution is 5.13. The molecule has 108 valence electrons. The fourth-order valence-electron chi connectivity index (χ4n) is 3.69. The van der Waals surface area contributed by atoms with Crippen LogP contribution in [0.1, 0.15) is 39.0 Å². The molecule has 0 aromatic heterocycles. The summed E-state index contributed by atoms with van der Waals surface area (Å²) in [5.41, 5.74) is -0.275. The van der Waals surface area contributed by atoms with Gasteiger partial charge in [0.05, 0.1) is 6.07 Å². The number of rotatable bonds is 4. The highest BCUT2D eigenvalue weighted by atomic mass is 15.2. The molecule has 2 rings (SSSR count). The standard InChI is InChI=1S/C15H28N4/c1-4-19-9-6-13(7-10-19)18(3)14-5-8-15(11-14,12-16)17-2/h13-14,17H,4-11H2,1-3H3. The third kappa shape index (κ3) is 3.10. The first-order valence-electron chi connectivity index (χ1n) is 7.68. The summed E-state index contributed by atoms with van der Waals surface area (Å²) in [6, 6.07) is 3.77. The molecule has 1 saturated heterocycles. The molecule has 0 spiro atoms. The molecule has 0 aromatic carbocycles. The van der Waals surface area contributed by atoms with Crippen LogP contribution in [0.15, 0.2) is 0 Å². The molecule has 2 atom stereocenters. The molecule has 4 nitrogen and oxygen atoms in total. The van der Waals surface area contributed by atoms with Gasteiger partial charge in [0, 0.05) is 12.1 Å². The van der Waals surface area contributed by atoms with Gasteiger partial charge >= 0.3 is 0 Å². The predicted molar refractivity (Wildman–Crippen MR) is 77.9 cm³/mol. The molecule has 2 fully saturated rings. The van der Waals surface area contributed by atoms with Crippen LogP contribution in [0.3, 0.4) is 0 Å². The molecule has 0 amide bonds. The van der Waals surface area contributed by atoms with E-state index in [1.807, 2.05) is 7.05 Å². The van der Waals surface area contributed by atoms with Crippen LogP contribution < -0.4 is 5.32 Å². The van der Waals surface area contributed by atoms with E-state index in [4.69, 9.17) is 0 Å². The molecule has 2 unspecified atom stereocenters. The van der Waals surface area contributed by atoms with Crippen LogP contribution in [0, 0.1) is 11.3 Å². The normalized spacial score (nSPS) is 33.7. The van der Waals surface area contributed by atoms with Crippen molar-refractivity contribution in [2.24, 2.45) is 0 Å². The molecule has 4 heteroatoms. The summed E-state index contributed by atoms with van der Waals surface area (Å²) in [5, 5.41) is 12.6. The number of likely N-dealkylation sites (tertiary alicyclic amines) is 1. The lowest BCUT2D eigenvalue weighted by Crippen LogP contribution is -2.48. The molecule has 0 radical (unpaired) electrons. The lowest BCUT2D eigenvalue weighted by atomic mass is 9.98. The highest BCUT2D eigenvalue weighted by Gasteiger charge is 2.41. The molecular formula is C15H28N4. The van der Waals surface area contributed by atoms with E-state index in [2.05, 4.69) is 35.2 Å². The van der Waals surface area contributed by atoms with Crippen molar-refractivity contribution >= 4 is 0 Å². The fraction of sp³-hybridized carbons (Fsp3) is 0.933. The molecular weight excluding hydrogens is 236 g/mol. The number of piperidine rings is 1. The van der Waals surface area contributed by atoms with E-state index in [-0.39, 0.29) is 5.54 Å². The zero-order valence-electron chi connectivity index (χ0n) is 12.7. The Morgan fingerprint density at radius 1 is 1.32 bits per heavy atom. The summed E-state index contributed by atoms with van der Waals surface area (Å²) in [5.74, 6) is 0. The maximum atomic E-state index is 9.36. The zero-order valence-corrected chi connectivity index (χ0v) is 12.7. The van der Waals surface area contributed by atoms with Crippen LogP contribution in [0.25, 0.3) is 0 Å². The first-order chi connectivity index (χ1) is 9.14. The Hall–Kier alpha value is -0.630. The minimum absolute atomic E-state index is 0.275. The van der Waals surface area contributed by atoms with Gasteiger partial charge in [0.1, 0.15) is 5.54 Å². The largest absolute Gasteiger partial charge is 0.303 e. The van der Waals surface area contributed by atoms with Gasteiger partial charge < -0.3 is 15.1 Å². The molecule has 1 N–H and O–H groups in total. The van der Waals surface area contributed by atoms with Crippen LogP contribution in [0.2, 0.25) is 0 Å². The Labute approximate surface area is 117 Å². The van der Waals surface area contributed by atoms with Crippen LogP contribution in [0.4, 0.5) is 0 Å². The average molecular weight is 264 g/mol. The summed E-state index contributed by atoms with van der Waals surface area (Å²) in [6.07, 6.45) is 5.67. The zero-order chi connectivity index (χ0) is 13.9. The van der Waals surface area contributed by atoms with Gasteiger partial charge in [-0.05, 0) is 65.8 Å². The third-order valence-electron chi connectivity index (χ3n) is 5.34. The highest BCUT2D eigenvalue weighted by Crippen LogP contribution is 2.34. The molecule has 0 aromatic rings. The minimum Gasteiger partial charge on any atom is -0.303 e. The molecule has 2 aliphatic rings. The van der Waals surface area contributed by atoms with E-state index in [0.29, 0.717) is 12.1 Å². The Kier molecular flexibility index (Phi) is 4.83. The summed E-state index contributed by atoms with van der Waals surface area (Å²) >= 11 is 0. The second-order valence-electron chi connectivity index (χ2n) is 6.17. The maximum absolute atomic E-state index is 9.36. The smallest absolute Gasteiger partial charge is 0.108 e. The summed E-state index contributed by atoms with van der Waals surface area (Å²) in [7, 11) is 4.19. The Morgan fingerprint density at radius 3 is 2.47 bits per heavy atom. The third-order valence-corrected chi connectivity index (χ3v) is 5.34. The topological polar surface area (TPSA) is 42.3 Å². The molecule has 0 bridgehead atoms. The van der Waals surface area contributed by atoms with Crippen molar-refractivity contribution in [3.05, 3.63) is 0 Å². The second-order valence-corrected chi connectivity index (χ2v) is 6.17. The van der Waals surface area contributed by atoms with Crippen molar-refractivity contribution in [1.29, 1.82) is 5.26 Å². The van der Waals surface area contributed by atoms with Gasteiger partial charge in [-0.25, -0.2) is 0 Å². The lowest BCUT2D eigenvalue weighted by Gasteiger charge is -2.39. The maximum Gasteiger partial charge on any atom is 0.108 e. The summed E-state index contributed by atoms with van der Waals surface area (Å²) in [6.45, 7) is 5.88. The van der Waals surface area contributed by atoms with E-state index in [1.54, 1.807) is 0 Å². The second kappa shape index (κ2) is 6.21. The van der Waals surface area contributed by atoms with E-state index in [0.717, 1.165) is 19.3 Å². The Bertz CT molecular complexity index is 330. The molecule has 1 heterocycles. The van der Waals surface area contributed by atoms with Crippen LogP contribution in [0.5, 0.6) is 0 Å². The quantitative estimate of drug-likeness (QED) is 0.834. The van der Waals surface area contributed by atoms with E-state index < -0.39 is 0 Å². The Morgan fingerprint density at radius 2 is 2.00 bits per heavy atom. The first-order valence-corrected chi connectivity index (χ1v) is 7.68. The van der Waals surface area contributed by atoms with Gasteiger partial charge in [-0.15, -0.1) is 0 Å². The number of nitrogens with one attached hydrogen (secondary N) is 1. The molecule has 1 saturated carbocycles. The van der Waals surface area contributed by atoms with Crippen molar-refractivity contribution in [2.75, 3.05) is 33.7 Å². The first kappa shape index (κ1) is 14.8. The van der Waals surface area contributed by atoms with Gasteiger partial charge in [0.25, 0.3) is 0 Å².